The summed E-state index contributed by atoms with van der Waals surface area (Å²) < 4.78 is 0. The summed E-state index contributed by atoms with van der Waals surface area (Å²) in [6, 6.07) is 20.1. The van der Waals surface area contributed by atoms with E-state index in [1.54, 1.807) is 72.8 Å². The van der Waals surface area contributed by atoms with Crippen molar-refractivity contribution < 1.29 is 19.2 Å². The summed E-state index contributed by atoms with van der Waals surface area (Å²) in [6.07, 6.45) is 3.72. The van der Waals surface area contributed by atoms with Crippen LogP contribution in [0.15, 0.2) is 93.4 Å². The van der Waals surface area contributed by atoms with Crippen molar-refractivity contribution in [2.45, 2.75) is 54.2 Å². The summed E-state index contributed by atoms with van der Waals surface area (Å²) in [5.74, 6) is 1.25. The molecule has 59 heavy (non-hydrogen) atoms. The highest BCUT2D eigenvalue weighted by Gasteiger charge is 2.38. The number of aromatic nitrogens is 6. The Balaban J connectivity index is 1.33. The van der Waals surface area contributed by atoms with Crippen LogP contribution in [-0.4, -0.2) is 76.6 Å². The molecule has 2 heterocycles. The van der Waals surface area contributed by atoms with Crippen molar-refractivity contribution in [2.24, 2.45) is 0 Å². The Labute approximate surface area is 357 Å². The van der Waals surface area contributed by atoms with Crippen LogP contribution >= 0.6 is 47.0 Å². The second-order valence-corrected chi connectivity index (χ2v) is 17.4. The third-order valence-corrected chi connectivity index (χ3v) is 12.8. The SMILES string of the molecule is CCCSc1nc(Nc2ccc(-c3ccc(Nc4nc(SC)nc(SCC)n4)c4c3C(=O)c3ccccc3C4=O)c3c2C(=O)c2ccccc2C3=O)nc(SCCC)n1. The monoisotopic (exact) mass is 856 g/mol. The molecule has 0 saturated heterocycles. The molecule has 0 aliphatic heterocycles. The lowest BCUT2D eigenvalue weighted by atomic mass is 9.75. The molecule has 2 N–H and O–H groups in total. The van der Waals surface area contributed by atoms with Crippen LogP contribution in [0.25, 0.3) is 11.1 Å². The highest BCUT2D eigenvalue weighted by molar-refractivity contribution is 8.00. The number of rotatable bonds is 14. The predicted octanol–water partition coefficient (Wildman–Crippen LogP) is 9.60. The Morgan fingerprint density at radius 2 is 0.814 bits per heavy atom. The van der Waals surface area contributed by atoms with Crippen molar-refractivity contribution in [1.82, 2.24) is 29.9 Å². The van der Waals surface area contributed by atoms with Gasteiger partial charge >= 0.3 is 0 Å². The van der Waals surface area contributed by atoms with Gasteiger partial charge in [0.15, 0.2) is 43.8 Å². The van der Waals surface area contributed by atoms with Gasteiger partial charge in [-0.25, -0.2) is 0 Å². The van der Waals surface area contributed by atoms with Gasteiger partial charge in [-0.05, 0) is 48.1 Å². The summed E-state index contributed by atoms with van der Waals surface area (Å²) >= 11 is 5.84. The molecule has 2 aromatic heterocycles. The second kappa shape index (κ2) is 17.4. The lowest BCUT2D eigenvalue weighted by Gasteiger charge is -2.26. The zero-order valence-electron chi connectivity index (χ0n) is 32.4. The van der Waals surface area contributed by atoms with Crippen LogP contribution < -0.4 is 10.6 Å². The highest BCUT2D eigenvalue weighted by atomic mass is 32.2. The first kappa shape index (κ1) is 40.4. The molecule has 16 heteroatoms. The normalized spacial score (nSPS) is 12.8. The van der Waals surface area contributed by atoms with E-state index in [0.29, 0.717) is 43.1 Å². The lowest BCUT2D eigenvalue weighted by Crippen LogP contribution is -2.25. The predicted molar refractivity (Wildman–Crippen MR) is 235 cm³/mol. The van der Waals surface area contributed by atoms with Gasteiger partial charge in [0.1, 0.15) is 0 Å². The van der Waals surface area contributed by atoms with Crippen molar-refractivity contribution in [2.75, 3.05) is 34.1 Å². The number of carbonyl (C=O) groups excluding carboxylic acids is 4. The van der Waals surface area contributed by atoms with Crippen LogP contribution in [0.4, 0.5) is 23.3 Å². The van der Waals surface area contributed by atoms with Crippen LogP contribution in [0.1, 0.15) is 97.3 Å². The lowest BCUT2D eigenvalue weighted by molar-refractivity contribution is 0.0978. The zero-order valence-corrected chi connectivity index (χ0v) is 35.7. The van der Waals surface area contributed by atoms with Gasteiger partial charge < -0.3 is 10.6 Å². The molecular weight excluding hydrogens is 821 g/mol. The maximum atomic E-state index is 14.7. The molecule has 2 aliphatic rings. The maximum absolute atomic E-state index is 14.7. The highest BCUT2D eigenvalue weighted by Crippen LogP contribution is 2.44. The van der Waals surface area contributed by atoms with Crippen molar-refractivity contribution >= 4 is 93.5 Å². The molecule has 0 unspecified atom stereocenters. The number of thioether (sulfide) groups is 4. The van der Waals surface area contributed by atoms with Crippen molar-refractivity contribution in [3.63, 3.8) is 0 Å². The Morgan fingerprint density at radius 1 is 0.441 bits per heavy atom. The van der Waals surface area contributed by atoms with Gasteiger partial charge in [0.05, 0.1) is 22.5 Å². The number of benzene rings is 4. The van der Waals surface area contributed by atoms with E-state index in [1.807, 2.05) is 13.2 Å². The van der Waals surface area contributed by atoms with E-state index in [9.17, 15) is 19.2 Å². The average molecular weight is 857 g/mol. The maximum Gasteiger partial charge on any atom is 0.232 e. The van der Waals surface area contributed by atoms with Crippen LogP contribution in [0, 0.1) is 0 Å². The molecule has 0 spiro atoms. The van der Waals surface area contributed by atoms with Gasteiger partial charge in [-0.15, -0.1) is 0 Å². The Hall–Kier alpha value is -5.42. The molecule has 0 radical (unpaired) electrons. The van der Waals surface area contributed by atoms with Gasteiger partial charge in [-0.3, -0.25) is 19.2 Å². The fraction of sp³-hybridized carbons (Fsp3) is 0.209. The van der Waals surface area contributed by atoms with Crippen LogP contribution in [0.2, 0.25) is 0 Å². The van der Waals surface area contributed by atoms with Crippen molar-refractivity contribution in [3.8, 4) is 11.1 Å². The number of anilines is 4. The Morgan fingerprint density at radius 3 is 1.20 bits per heavy atom. The van der Waals surface area contributed by atoms with E-state index in [1.165, 1.54) is 47.0 Å². The number of ketones is 4. The van der Waals surface area contributed by atoms with Gasteiger partial charge in [-0.2, -0.15) is 29.9 Å². The third-order valence-electron chi connectivity index (χ3n) is 9.45. The summed E-state index contributed by atoms with van der Waals surface area (Å²) in [6.45, 7) is 6.16. The first-order valence-corrected chi connectivity index (χ1v) is 23.1. The molecule has 296 valence electrons. The van der Waals surface area contributed by atoms with Gasteiger partial charge in [0.2, 0.25) is 11.9 Å². The minimum absolute atomic E-state index is 0.0932. The van der Waals surface area contributed by atoms with E-state index >= 15 is 0 Å². The van der Waals surface area contributed by atoms with Crippen molar-refractivity contribution in [3.05, 3.63) is 117 Å². The van der Waals surface area contributed by atoms with E-state index < -0.39 is 11.6 Å². The van der Waals surface area contributed by atoms with Crippen LogP contribution in [0.3, 0.4) is 0 Å². The quantitative estimate of drug-likeness (QED) is 0.0990. The number of carbonyl (C=O) groups is 4. The molecule has 8 rings (SSSR count). The first-order valence-electron chi connectivity index (χ1n) is 18.9. The summed E-state index contributed by atoms with van der Waals surface area (Å²) in [5.41, 5.74) is 2.65. The molecule has 0 atom stereocenters. The third kappa shape index (κ3) is 7.77. The molecule has 0 fully saturated rings. The summed E-state index contributed by atoms with van der Waals surface area (Å²) in [4.78, 5) is 86.2. The average Bonchev–Trinajstić information content (AvgIpc) is 3.25. The topological polar surface area (TPSA) is 170 Å². The molecular formula is C43H36N8O4S4. The minimum atomic E-state index is -0.401. The zero-order chi connectivity index (χ0) is 41.2. The molecule has 0 saturated carbocycles. The Kier molecular flexibility index (Phi) is 11.9. The fourth-order valence-corrected chi connectivity index (χ4v) is 9.34. The van der Waals surface area contributed by atoms with Gasteiger partial charge in [-0.1, -0.05) is 128 Å². The second-order valence-electron chi connectivity index (χ2n) is 13.3. The van der Waals surface area contributed by atoms with E-state index in [-0.39, 0.29) is 68.0 Å². The number of nitrogens with one attached hydrogen (secondary N) is 2. The summed E-state index contributed by atoms with van der Waals surface area (Å²) in [7, 11) is 0. The van der Waals surface area contributed by atoms with Crippen molar-refractivity contribution in [1.29, 1.82) is 0 Å². The molecule has 6 aromatic rings. The van der Waals surface area contributed by atoms with Crippen LogP contribution in [0.5, 0.6) is 0 Å². The summed E-state index contributed by atoms with van der Waals surface area (Å²) in [5, 5.41) is 8.57. The Bertz CT molecular complexity index is 2680. The molecule has 0 bridgehead atoms. The number of fused-ring (bicyclic) bond motifs is 4. The van der Waals surface area contributed by atoms with E-state index in [4.69, 9.17) is 0 Å². The van der Waals surface area contributed by atoms with Gasteiger partial charge in [0.25, 0.3) is 0 Å². The largest absolute Gasteiger partial charge is 0.323 e. The molecule has 12 nitrogen and oxygen atoms in total. The smallest absolute Gasteiger partial charge is 0.232 e. The number of nitrogens with zero attached hydrogens (tertiary/aromatic N) is 6. The molecule has 0 amide bonds. The standard InChI is InChI=1S/C43H36N8O4S4/c1-5-20-58-42-48-39(49-43(51-42)59-21-6-2)45-29-19-17-23(31-33(29)37(55)27-15-11-9-13-25(27)35(31)53)22-16-18-28(44-38-46-40(56-4)50-41(47-38)57-7-3)32-30(22)34(52)24-12-8-10-14-26(24)36(32)54/h8-19H,5-7,20-21H2,1-4H3,(H,44,46,47,50)(H,45,48,49,51). The van der Waals surface area contributed by atoms with Gasteiger partial charge in [0, 0.05) is 44.9 Å². The van der Waals surface area contributed by atoms with Crippen LogP contribution in [-0.2, 0) is 0 Å². The first-order chi connectivity index (χ1) is 28.7. The number of hydrogen-bond acceptors (Lipinski definition) is 16. The molecule has 4 aromatic carbocycles. The number of hydrogen-bond donors (Lipinski definition) is 2. The molecule has 2 aliphatic carbocycles. The minimum Gasteiger partial charge on any atom is -0.323 e. The fourth-order valence-electron chi connectivity index (χ4n) is 6.93. The van der Waals surface area contributed by atoms with E-state index in [2.05, 4.69) is 54.4 Å². The van der Waals surface area contributed by atoms with E-state index in [0.717, 1.165) is 30.1 Å².